The van der Waals surface area contributed by atoms with Crippen molar-refractivity contribution in [1.29, 1.82) is 0 Å². The van der Waals surface area contributed by atoms with Crippen molar-refractivity contribution in [3.63, 3.8) is 0 Å². The lowest BCUT2D eigenvalue weighted by molar-refractivity contribution is 0.0827. The van der Waals surface area contributed by atoms with Crippen LogP contribution in [0.4, 0.5) is 0 Å². The molecule has 0 radical (unpaired) electrons. The van der Waals surface area contributed by atoms with Gasteiger partial charge in [-0.3, -0.25) is 9.78 Å². The van der Waals surface area contributed by atoms with Crippen LogP contribution in [0.1, 0.15) is 29.8 Å². The third-order valence-corrected chi connectivity index (χ3v) is 1.53. The maximum atomic E-state index is 11.4. The van der Waals surface area contributed by atoms with E-state index in [9.17, 15) is 4.79 Å². The minimum atomic E-state index is -0.00815. The van der Waals surface area contributed by atoms with E-state index >= 15 is 0 Å². The normalized spacial score (nSPS) is 8.64. The number of aromatic nitrogens is 1. The number of hydrogen-bond donors (Lipinski definition) is 0. The fourth-order valence-electron chi connectivity index (χ4n) is 0.930. The number of carbonyl (C=O) groups excluding carboxylic acids is 1. The molecule has 0 unspecified atom stereocenters. The highest BCUT2D eigenvalue weighted by Crippen LogP contribution is 2.02. The second kappa shape index (κ2) is 6.13. The van der Waals surface area contributed by atoms with E-state index < -0.39 is 0 Å². The highest BCUT2D eigenvalue weighted by molar-refractivity contribution is 5.93. The van der Waals surface area contributed by atoms with Gasteiger partial charge in [-0.2, -0.15) is 0 Å². The highest BCUT2D eigenvalue weighted by atomic mass is 16.2. The van der Waals surface area contributed by atoms with Crippen LogP contribution in [0.2, 0.25) is 0 Å². The second-order valence-electron chi connectivity index (χ2n) is 2.95. The first-order valence-electron chi connectivity index (χ1n) is 4.74. The summed E-state index contributed by atoms with van der Waals surface area (Å²) in [6.45, 7) is 5.92. The molecule has 0 aliphatic carbocycles. The second-order valence-corrected chi connectivity index (χ2v) is 2.95. The number of amides is 1. The van der Waals surface area contributed by atoms with Crippen molar-refractivity contribution < 1.29 is 4.79 Å². The summed E-state index contributed by atoms with van der Waals surface area (Å²) in [6.07, 6.45) is 3.31. The summed E-state index contributed by atoms with van der Waals surface area (Å²) in [6, 6.07) is 1.83. The maximum Gasteiger partial charge on any atom is 0.254 e. The molecule has 0 aliphatic heterocycles. The van der Waals surface area contributed by atoms with Crippen LogP contribution in [-0.2, 0) is 0 Å². The smallest absolute Gasteiger partial charge is 0.254 e. The molecule has 3 heteroatoms. The summed E-state index contributed by atoms with van der Waals surface area (Å²) in [5.74, 6) is -0.00815. The van der Waals surface area contributed by atoms with E-state index in [0.29, 0.717) is 5.56 Å². The van der Waals surface area contributed by atoms with Crippen molar-refractivity contribution in [2.75, 3.05) is 14.1 Å². The summed E-state index contributed by atoms with van der Waals surface area (Å²) in [7, 11) is 3.45. The zero-order valence-corrected chi connectivity index (χ0v) is 9.53. The number of carbonyl (C=O) groups is 1. The molecule has 0 atom stereocenters. The predicted octanol–water partition coefficient (Wildman–Crippen LogP) is 2.12. The third kappa shape index (κ3) is 3.56. The van der Waals surface area contributed by atoms with E-state index in [-0.39, 0.29) is 5.91 Å². The molecule has 0 saturated carbocycles. The van der Waals surface area contributed by atoms with Crippen molar-refractivity contribution in [2.45, 2.75) is 20.8 Å². The SMILES string of the molecule is CC.Cc1cncc(C(=O)N(C)C)c1. The average molecular weight is 194 g/mol. The lowest BCUT2D eigenvalue weighted by atomic mass is 10.2. The lowest BCUT2D eigenvalue weighted by Gasteiger charge is -2.09. The highest BCUT2D eigenvalue weighted by Gasteiger charge is 2.06. The Morgan fingerprint density at radius 2 is 1.86 bits per heavy atom. The van der Waals surface area contributed by atoms with Crippen LogP contribution >= 0.6 is 0 Å². The van der Waals surface area contributed by atoms with Crippen molar-refractivity contribution in [2.24, 2.45) is 0 Å². The minimum Gasteiger partial charge on any atom is -0.345 e. The van der Waals surface area contributed by atoms with E-state index in [0.717, 1.165) is 5.56 Å². The summed E-state index contributed by atoms with van der Waals surface area (Å²) in [5.41, 5.74) is 1.64. The number of hydrogen-bond acceptors (Lipinski definition) is 2. The molecule has 1 rings (SSSR count). The van der Waals surface area contributed by atoms with Gasteiger partial charge >= 0.3 is 0 Å². The van der Waals surface area contributed by atoms with Gasteiger partial charge in [0.15, 0.2) is 0 Å². The molecule has 78 valence electrons. The summed E-state index contributed by atoms with van der Waals surface area (Å²) < 4.78 is 0. The van der Waals surface area contributed by atoms with Crippen molar-refractivity contribution in [1.82, 2.24) is 9.88 Å². The summed E-state index contributed by atoms with van der Waals surface area (Å²) in [4.78, 5) is 16.9. The van der Waals surface area contributed by atoms with Gasteiger partial charge in [-0.25, -0.2) is 0 Å². The number of rotatable bonds is 1. The molecule has 0 spiro atoms. The topological polar surface area (TPSA) is 33.2 Å². The molecule has 0 aliphatic rings. The Kier molecular flexibility index (Phi) is 5.53. The Hall–Kier alpha value is -1.38. The van der Waals surface area contributed by atoms with Gasteiger partial charge in [0.25, 0.3) is 5.91 Å². The van der Waals surface area contributed by atoms with E-state index in [4.69, 9.17) is 0 Å². The molecular weight excluding hydrogens is 176 g/mol. The molecule has 1 heterocycles. The predicted molar refractivity (Wildman–Crippen MR) is 58.3 cm³/mol. The third-order valence-electron chi connectivity index (χ3n) is 1.53. The van der Waals surface area contributed by atoms with Gasteiger partial charge in [0, 0.05) is 26.5 Å². The van der Waals surface area contributed by atoms with Crippen LogP contribution in [0.25, 0.3) is 0 Å². The number of nitrogens with zero attached hydrogens (tertiary/aromatic N) is 2. The Bertz CT molecular complexity index is 295. The minimum absolute atomic E-state index is 0.00815. The van der Waals surface area contributed by atoms with Crippen molar-refractivity contribution in [3.05, 3.63) is 29.6 Å². The average Bonchev–Trinajstić information content (AvgIpc) is 2.19. The fourth-order valence-corrected chi connectivity index (χ4v) is 0.930. The molecule has 3 nitrogen and oxygen atoms in total. The summed E-state index contributed by atoms with van der Waals surface area (Å²) >= 11 is 0. The van der Waals surface area contributed by atoms with Crippen LogP contribution in [0.15, 0.2) is 18.5 Å². The molecule has 0 bridgehead atoms. The van der Waals surface area contributed by atoms with E-state index in [1.165, 1.54) is 4.90 Å². The van der Waals surface area contributed by atoms with E-state index in [2.05, 4.69) is 4.98 Å². The Morgan fingerprint density at radius 3 is 2.29 bits per heavy atom. The van der Waals surface area contributed by atoms with Gasteiger partial charge in [0.2, 0.25) is 0 Å². The Morgan fingerprint density at radius 1 is 1.29 bits per heavy atom. The van der Waals surface area contributed by atoms with Crippen LogP contribution in [-0.4, -0.2) is 29.9 Å². The zero-order valence-electron chi connectivity index (χ0n) is 9.53. The van der Waals surface area contributed by atoms with Crippen LogP contribution in [0, 0.1) is 6.92 Å². The molecule has 0 N–H and O–H groups in total. The van der Waals surface area contributed by atoms with Gasteiger partial charge in [-0.05, 0) is 18.6 Å². The maximum absolute atomic E-state index is 11.4. The monoisotopic (exact) mass is 194 g/mol. The van der Waals surface area contributed by atoms with Gasteiger partial charge in [-0.15, -0.1) is 0 Å². The van der Waals surface area contributed by atoms with Crippen LogP contribution < -0.4 is 0 Å². The first kappa shape index (κ1) is 12.6. The van der Waals surface area contributed by atoms with Gasteiger partial charge in [0.1, 0.15) is 0 Å². The lowest BCUT2D eigenvalue weighted by Crippen LogP contribution is -2.21. The van der Waals surface area contributed by atoms with E-state index in [1.807, 2.05) is 26.8 Å². The molecular formula is C11H18N2O. The Balaban J connectivity index is 0.000000791. The number of pyridine rings is 1. The molecule has 0 aromatic carbocycles. The summed E-state index contributed by atoms with van der Waals surface area (Å²) in [5, 5.41) is 0. The van der Waals surface area contributed by atoms with Gasteiger partial charge < -0.3 is 4.90 Å². The van der Waals surface area contributed by atoms with E-state index in [1.54, 1.807) is 26.5 Å². The molecule has 0 fully saturated rings. The van der Waals surface area contributed by atoms with Crippen LogP contribution in [0.5, 0.6) is 0 Å². The molecule has 1 amide bonds. The number of aryl methyl sites for hydroxylation is 1. The zero-order chi connectivity index (χ0) is 11.1. The molecule has 0 saturated heterocycles. The van der Waals surface area contributed by atoms with Crippen LogP contribution in [0.3, 0.4) is 0 Å². The molecule has 1 aromatic rings. The van der Waals surface area contributed by atoms with Gasteiger partial charge in [0.05, 0.1) is 5.56 Å². The first-order valence-corrected chi connectivity index (χ1v) is 4.74. The van der Waals surface area contributed by atoms with Crippen molar-refractivity contribution in [3.8, 4) is 0 Å². The molecule has 1 aromatic heterocycles. The largest absolute Gasteiger partial charge is 0.345 e. The fraction of sp³-hybridized carbons (Fsp3) is 0.455. The van der Waals surface area contributed by atoms with Gasteiger partial charge in [-0.1, -0.05) is 13.8 Å². The first-order chi connectivity index (χ1) is 6.61. The Labute approximate surface area is 85.8 Å². The van der Waals surface area contributed by atoms with Crippen molar-refractivity contribution >= 4 is 5.91 Å². The quantitative estimate of drug-likeness (QED) is 0.686. The molecule has 14 heavy (non-hydrogen) atoms. The standard InChI is InChI=1S/C9H12N2O.C2H6/c1-7-4-8(6-10-5-7)9(12)11(2)3;1-2/h4-6H,1-3H3;1-2H3.